The number of hydrogen-bond acceptors (Lipinski definition) is 6. The maximum absolute atomic E-state index is 11.5. The van der Waals surface area contributed by atoms with Crippen LogP contribution in [0.4, 0.5) is 0 Å². The van der Waals surface area contributed by atoms with E-state index in [0.717, 1.165) is 16.3 Å². The van der Waals surface area contributed by atoms with Crippen LogP contribution in [0, 0.1) is 5.92 Å². The second kappa shape index (κ2) is 8.01. The second-order valence-electron chi connectivity index (χ2n) is 5.93. The first-order valence-electron chi connectivity index (χ1n) is 7.80. The number of aromatic nitrogens is 1. The number of hydrogen-bond donors (Lipinski definition) is 1. The minimum absolute atomic E-state index is 0.0269. The van der Waals surface area contributed by atoms with Crippen molar-refractivity contribution in [3.8, 4) is 16.3 Å². The fourth-order valence-electron chi connectivity index (χ4n) is 2.68. The summed E-state index contributed by atoms with van der Waals surface area (Å²) < 4.78 is 37.6. The van der Waals surface area contributed by atoms with Gasteiger partial charge in [-0.1, -0.05) is 11.6 Å². The summed E-state index contributed by atoms with van der Waals surface area (Å²) in [6, 6.07) is 7.42. The Bertz CT molecular complexity index is 808. The molecule has 1 fully saturated rings. The van der Waals surface area contributed by atoms with Gasteiger partial charge in [0.2, 0.25) is 10.0 Å². The van der Waals surface area contributed by atoms with Crippen molar-refractivity contribution in [3.63, 3.8) is 0 Å². The van der Waals surface area contributed by atoms with E-state index in [1.807, 2.05) is 24.3 Å². The van der Waals surface area contributed by atoms with Crippen molar-refractivity contribution >= 4 is 33.0 Å². The van der Waals surface area contributed by atoms with Crippen LogP contribution in [0.2, 0.25) is 4.34 Å². The first kappa shape index (κ1) is 18.6. The minimum atomic E-state index is -3.25. The maximum atomic E-state index is 11.5. The maximum Gasteiger partial charge on any atom is 0.208 e. The summed E-state index contributed by atoms with van der Waals surface area (Å²) in [4.78, 5) is 4.24. The van der Waals surface area contributed by atoms with E-state index in [9.17, 15) is 8.42 Å². The molecule has 0 unspecified atom stereocenters. The van der Waals surface area contributed by atoms with Gasteiger partial charge in [-0.15, -0.1) is 11.3 Å². The van der Waals surface area contributed by atoms with E-state index < -0.39 is 10.0 Å². The van der Waals surface area contributed by atoms with Gasteiger partial charge in [0.15, 0.2) is 0 Å². The molecule has 2 heterocycles. The summed E-state index contributed by atoms with van der Waals surface area (Å²) in [5, 5.41) is 0.856. The van der Waals surface area contributed by atoms with Gasteiger partial charge in [0.25, 0.3) is 0 Å². The van der Waals surface area contributed by atoms with Gasteiger partial charge in [0.1, 0.15) is 15.1 Å². The SMILES string of the molecule is CS(=O)(=O)N[C@H]1CCOC[C@@H]1COc1ccc(-c2ncc(Cl)s2)cc1. The Morgan fingerprint density at radius 1 is 1.40 bits per heavy atom. The Balaban J connectivity index is 1.60. The summed E-state index contributed by atoms with van der Waals surface area (Å²) in [6.45, 7) is 1.41. The van der Waals surface area contributed by atoms with Crippen molar-refractivity contribution in [2.75, 3.05) is 26.1 Å². The number of nitrogens with one attached hydrogen (secondary N) is 1. The predicted octanol–water partition coefficient (Wildman–Crippen LogP) is 2.80. The average Bonchev–Trinajstić information content (AvgIpc) is 3.00. The molecule has 9 heteroatoms. The number of ether oxygens (including phenoxy) is 2. The van der Waals surface area contributed by atoms with Crippen molar-refractivity contribution < 1.29 is 17.9 Å². The van der Waals surface area contributed by atoms with E-state index in [0.29, 0.717) is 30.6 Å². The molecule has 2 atom stereocenters. The van der Waals surface area contributed by atoms with Gasteiger partial charge in [-0.2, -0.15) is 0 Å². The molecular weight excluding hydrogens is 384 g/mol. The van der Waals surface area contributed by atoms with E-state index >= 15 is 0 Å². The molecule has 1 aromatic heterocycles. The van der Waals surface area contributed by atoms with Gasteiger partial charge in [-0.3, -0.25) is 0 Å². The quantitative estimate of drug-likeness (QED) is 0.803. The predicted molar refractivity (Wildman–Crippen MR) is 98.7 cm³/mol. The molecule has 0 radical (unpaired) electrons. The van der Waals surface area contributed by atoms with E-state index in [-0.39, 0.29) is 12.0 Å². The van der Waals surface area contributed by atoms with E-state index in [4.69, 9.17) is 21.1 Å². The van der Waals surface area contributed by atoms with Crippen LogP contribution in [0.15, 0.2) is 30.5 Å². The monoisotopic (exact) mass is 402 g/mol. The first-order chi connectivity index (χ1) is 11.9. The zero-order valence-corrected chi connectivity index (χ0v) is 16.0. The van der Waals surface area contributed by atoms with E-state index in [1.54, 1.807) is 6.20 Å². The lowest BCUT2D eigenvalue weighted by atomic mass is 9.98. The summed E-state index contributed by atoms with van der Waals surface area (Å²) in [5.74, 6) is 0.691. The Kier molecular flexibility index (Phi) is 5.96. The van der Waals surface area contributed by atoms with Gasteiger partial charge in [-0.25, -0.2) is 18.1 Å². The summed E-state index contributed by atoms with van der Waals surface area (Å²) >= 11 is 7.33. The van der Waals surface area contributed by atoms with Crippen LogP contribution in [0.1, 0.15) is 6.42 Å². The van der Waals surface area contributed by atoms with Crippen molar-refractivity contribution in [1.29, 1.82) is 0 Å². The molecule has 0 bridgehead atoms. The second-order valence-corrected chi connectivity index (χ2v) is 9.37. The Hall–Kier alpha value is -1.19. The molecule has 1 saturated heterocycles. The summed E-state index contributed by atoms with van der Waals surface area (Å²) in [7, 11) is -3.25. The third kappa shape index (κ3) is 5.39. The van der Waals surface area contributed by atoms with Gasteiger partial charge in [-0.05, 0) is 30.7 Å². The smallest absolute Gasteiger partial charge is 0.208 e. The highest BCUT2D eigenvalue weighted by molar-refractivity contribution is 7.88. The molecule has 1 aromatic carbocycles. The fraction of sp³-hybridized carbons (Fsp3) is 0.438. The Morgan fingerprint density at radius 3 is 2.80 bits per heavy atom. The third-order valence-corrected chi connectivity index (χ3v) is 5.78. The normalized spacial score (nSPS) is 21.2. The molecule has 136 valence electrons. The average molecular weight is 403 g/mol. The van der Waals surface area contributed by atoms with Crippen LogP contribution >= 0.6 is 22.9 Å². The lowest BCUT2D eigenvalue weighted by molar-refractivity contribution is 0.0187. The zero-order chi connectivity index (χ0) is 17.9. The third-order valence-electron chi connectivity index (χ3n) is 3.88. The summed E-state index contributed by atoms with van der Waals surface area (Å²) in [5.41, 5.74) is 0.974. The molecule has 0 aliphatic carbocycles. The fourth-order valence-corrected chi connectivity index (χ4v) is 4.45. The van der Waals surface area contributed by atoms with Crippen LogP contribution in [0.5, 0.6) is 5.75 Å². The van der Waals surface area contributed by atoms with Crippen molar-refractivity contribution in [2.24, 2.45) is 5.92 Å². The van der Waals surface area contributed by atoms with Crippen molar-refractivity contribution in [2.45, 2.75) is 12.5 Å². The van der Waals surface area contributed by atoms with E-state index in [1.165, 1.54) is 17.6 Å². The zero-order valence-electron chi connectivity index (χ0n) is 13.6. The van der Waals surface area contributed by atoms with Crippen LogP contribution in [0.3, 0.4) is 0 Å². The Labute approximate surface area is 156 Å². The largest absolute Gasteiger partial charge is 0.493 e. The molecular formula is C16H19ClN2O4S2. The first-order valence-corrected chi connectivity index (χ1v) is 10.9. The van der Waals surface area contributed by atoms with Crippen molar-refractivity contribution in [3.05, 3.63) is 34.8 Å². The number of rotatable bonds is 6. The number of sulfonamides is 1. The molecule has 0 amide bonds. The number of nitrogens with zero attached hydrogens (tertiary/aromatic N) is 1. The molecule has 2 aromatic rings. The molecule has 1 aliphatic rings. The highest BCUT2D eigenvalue weighted by atomic mass is 35.5. The van der Waals surface area contributed by atoms with Gasteiger partial charge in [0.05, 0.1) is 25.7 Å². The lowest BCUT2D eigenvalue weighted by Crippen LogP contribution is -2.47. The molecule has 1 aliphatic heterocycles. The van der Waals surface area contributed by atoms with Gasteiger partial charge >= 0.3 is 0 Å². The van der Waals surface area contributed by atoms with Crippen LogP contribution in [-0.4, -0.2) is 45.5 Å². The number of benzene rings is 1. The van der Waals surface area contributed by atoms with Gasteiger partial charge < -0.3 is 9.47 Å². The molecule has 3 rings (SSSR count). The van der Waals surface area contributed by atoms with Crippen LogP contribution in [0.25, 0.3) is 10.6 Å². The van der Waals surface area contributed by atoms with E-state index in [2.05, 4.69) is 9.71 Å². The lowest BCUT2D eigenvalue weighted by Gasteiger charge is -2.31. The Morgan fingerprint density at radius 2 is 2.16 bits per heavy atom. The topological polar surface area (TPSA) is 77.5 Å². The molecule has 1 N–H and O–H groups in total. The van der Waals surface area contributed by atoms with Gasteiger partial charge in [0, 0.05) is 24.1 Å². The molecule has 25 heavy (non-hydrogen) atoms. The minimum Gasteiger partial charge on any atom is -0.493 e. The molecule has 6 nitrogen and oxygen atoms in total. The number of thiazole rings is 1. The molecule has 0 saturated carbocycles. The van der Waals surface area contributed by atoms with Crippen LogP contribution < -0.4 is 9.46 Å². The van der Waals surface area contributed by atoms with Crippen molar-refractivity contribution in [1.82, 2.24) is 9.71 Å². The van der Waals surface area contributed by atoms with Crippen LogP contribution in [-0.2, 0) is 14.8 Å². The number of halogens is 1. The standard InChI is InChI=1S/C16H19ClN2O4S2/c1-25(20,21)19-14-6-7-22-9-12(14)10-23-13-4-2-11(3-5-13)16-18-8-15(17)24-16/h2-5,8,12,14,19H,6-7,9-10H2,1H3/t12-,14+/m1/s1. The highest BCUT2D eigenvalue weighted by Crippen LogP contribution is 2.29. The highest BCUT2D eigenvalue weighted by Gasteiger charge is 2.28. The molecule has 0 spiro atoms. The summed E-state index contributed by atoms with van der Waals surface area (Å²) in [6.07, 6.45) is 3.44.